The number of aromatic nitrogens is 2. The molecule has 7 nitrogen and oxygen atoms in total. The monoisotopic (exact) mass is 329 g/mol. The fraction of sp³-hybridized carbons (Fsp3) is 0.167. The summed E-state index contributed by atoms with van der Waals surface area (Å²) in [7, 11) is -3.91. The van der Waals surface area contributed by atoms with E-state index in [4.69, 9.17) is 16.7 Å². The Morgan fingerprint density at radius 2 is 2.19 bits per heavy atom. The molecule has 0 aliphatic rings. The van der Waals surface area contributed by atoms with E-state index >= 15 is 0 Å². The first kappa shape index (κ1) is 15.3. The summed E-state index contributed by atoms with van der Waals surface area (Å²) in [6, 6.07) is 3.75. The van der Waals surface area contributed by atoms with Gasteiger partial charge in [0.15, 0.2) is 5.03 Å². The minimum Gasteiger partial charge on any atom is -0.478 e. The number of carbonyl (C=O) groups is 1. The molecule has 0 aliphatic heterocycles. The number of rotatable bonds is 5. The number of imidazole rings is 1. The summed E-state index contributed by atoms with van der Waals surface area (Å²) in [5.41, 5.74) is -0.0832. The van der Waals surface area contributed by atoms with Crippen molar-refractivity contribution >= 4 is 33.3 Å². The zero-order chi connectivity index (χ0) is 15.6. The molecule has 0 aliphatic carbocycles. The number of carboxylic acids is 1. The standard InChI is InChI=1S/C12H12ClN3O4S/c1-2-10-14-6-11(15-10)21(19,20)16-9-5-7(12(17)18)3-4-8(9)13/h3-6,16H,2H2,1H3,(H,14,15)(H,17,18). The highest BCUT2D eigenvalue weighted by molar-refractivity contribution is 7.92. The summed E-state index contributed by atoms with van der Waals surface area (Å²) in [6.07, 6.45) is 1.75. The second kappa shape index (κ2) is 5.74. The highest BCUT2D eigenvalue weighted by Crippen LogP contribution is 2.25. The summed E-state index contributed by atoms with van der Waals surface area (Å²) in [5.74, 6) is -0.650. The van der Waals surface area contributed by atoms with Gasteiger partial charge in [-0.25, -0.2) is 9.78 Å². The predicted octanol–water partition coefficient (Wildman–Crippen LogP) is 2.12. The van der Waals surface area contributed by atoms with Crippen LogP contribution in [0.2, 0.25) is 5.02 Å². The van der Waals surface area contributed by atoms with Crippen LogP contribution in [0.5, 0.6) is 0 Å². The molecule has 112 valence electrons. The van der Waals surface area contributed by atoms with E-state index in [2.05, 4.69) is 14.7 Å². The number of hydrogen-bond acceptors (Lipinski definition) is 4. The second-order valence-electron chi connectivity index (χ2n) is 4.15. The molecule has 2 aromatic rings. The molecule has 21 heavy (non-hydrogen) atoms. The van der Waals surface area contributed by atoms with Gasteiger partial charge in [-0.1, -0.05) is 18.5 Å². The van der Waals surface area contributed by atoms with Gasteiger partial charge in [-0.2, -0.15) is 8.42 Å². The molecule has 0 bridgehead atoms. The molecule has 0 unspecified atom stereocenters. The summed E-state index contributed by atoms with van der Waals surface area (Å²) in [6.45, 7) is 1.83. The van der Waals surface area contributed by atoms with Crippen LogP contribution in [0.15, 0.2) is 29.4 Å². The molecule has 0 amide bonds. The molecular formula is C12H12ClN3O4S. The number of aromatic amines is 1. The number of halogens is 1. The summed E-state index contributed by atoms with van der Waals surface area (Å²) in [4.78, 5) is 17.5. The Balaban J connectivity index is 2.36. The van der Waals surface area contributed by atoms with Gasteiger partial charge in [0.2, 0.25) is 0 Å². The molecule has 1 aromatic heterocycles. The molecule has 1 heterocycles. The van der Waals surface area contributed by atoms with Crippen molar-refractivity contribution < 1.29 is 18.3 Å². The Hall–Kier alpha value is -2.06. The quantitative estimate of drug-likeness (QED) is 0.777. The van der Waals surface area contributed by atoms with E-state index in [0.717, 1.165) is 6.07 Å². The molecule has 0 saturated heterocycles. The van der Waals surface area contributed by atoms with Gasteiger partial charge in [-0.15, -0.1) is 0 Å². The van der Waals surface area contributed by atoms with Crippen LogP contribution in [0, 0.1) is 0 Å². The van der Waals surface area contributed by atoms with E-state index in [1.807, 2.05) is 6.92 Å². The smallest absolute Gasteiger partial charge is 0.335 e. The number of aromatic carboxylic acids is 1. The number of anilines is 1. The maximum Gasteiger partial charge on any atom is 0.335 e. The number of aryl methyl sites for hydroxylation is 1. The van der Waals surface area contributed by atoms with Crippen molar-refractivity contribution in [3.05, 3.63) is 40.8 Å². The van der Waals surface area contributed by atoms with Crippen LogP contribution < -0.4 is 4.72 Å². The van der Waals surface area contributed by atoms with Crippen LogP contribution >= 0.6 is 11.6 Å². The first-order valence-electron chi connectivity index (χ1n) is 5.93. The molecule has 0 radical (unpaired) electrons. The number of nitrogens with zero attached hydrogens (tertiary/aromatic N) is 1. The van der Waals surface area contributed by atoms with Crippen LogP contribution in [-0.2, 0) is 16.4 Å². The van der Waals surface area contributed by atoms with Crippen molar-refractivity contribution in [1.29, 1.82) is 0 Å². The average molecular weight is 330 g/mol. The van der Waals surface area contributed by atoms with Crippen LogP contribution in [0.3, 0.4) is 0 Å². The highest BCUT2D eigenvalue weighted by atomic mass is 35.5. The van der Waals surface area contributed by atoms with E-state index < -0.39 is 16.0 Å². The van der Waals surface area contributed by atoms with Gasteiger partial charge in [-0.05, 0) is 18.2 Å². The van der Waals surface area contributed by atoms with Crippen molar-refractivity contribution in [3.63, 3.8) is 0 Å². The lowest BCUT2D eigenvalue weighted by Crippen LogP contribution is -2.14. The fourth-order valence-electron chi connectivity index (χ4n) is 1.60. The molecule has 0 saturated carbocycles. The van der Waals surface area contributed by atoms with Gasteiger partial charge in [0.05, 0.1) is 22.5 Å². The summed E-state index contributed by atoms with van der Waals surface area (Å²) >= 11 is 5.88. The van der Waals surface area contributed by atoms with E-state index in [1.54, 1.807) is 0 Å². The third kappa shape index (κ3) is 3.34. The Morgan fingerprint density at radius 3 is 2.76 bits per heavy atom. The van der Waals surface area contributed by atoms with Crippen molar-refractivity contribution in [2.45, 2.75) is 18.4 Å². The molecular weight excluding hydrogens is 318 g/mol. The van der Waals surface area contributed by atoms with Crippen LogP contribution in [-0.4, -0.2) is 29.5 Å². The third-order valence-corrected chi connectivity index (χ3v) is 4.29. The van der Waals surface area contributed by atoms with E-state index in [1.165, 1.54) is 18.3 Å². The number of hydrogen-bond donors (Lipinski definition) is 3. The number of nitrogens with one attached hydrogen (secondary N) is 2. The van der Waals surface area contributed by atoms with Crippen LogP contribution in [0.1, 0.15) is 23.1 Å². The van der Waals surface area contributed by atoms with Gasteiger partial charge in [0, 0.05) is 6.42 Å². The van der Waals surface area contributed by atoms with Crippen LogP contribution in [0.25, 0.3) is 0 Å². The maximum absolute atomic E-state index is 12.2. The van der Waals surface area contributed by atoms with E-state index in [-0.39, 0.29) is 21.3 Å². The molecule has 0 spiro atoms. The number of sulfonamides is 1. The first-order chi connectivity index (χ1) is 9.83. The van der Waals surface area contributed by atoms with Gasteiger partial charge in [-0.3, -0.25) is 4.72 Å². The lowest BCUT2D eigenvalue weighted by molar-refractivity contribution is 0.0697. The Bertz CT molecular complexity index is 786. The average Bonchev–Trinajstić information content (AvgIpc) is 2.90. The van der Waals surface area contributed by atoms with Crippen molar-refractivity contribution in [2.75, 3.05) is 4.72 Å². The van der Waals surface area contributed by atoms with E-state index in [9.17, 15) is 13.2 Å². The number of benzene rings is 1. The minimum absolute atomic E-state index is 0.00999. The fourth-order valence-corrected chi connectivity index (χ4v) is 2.83. The maximum atomic E-state index is 12.2. The van der Waals surface area contributed by atoms with Crippen molar-refractivity contribution in [2.24, 2.45) is 0 Å². The van der Waals surface area contributed by atoms with Gasteiger partial charge >= 0.3 is 5.97 Å². The summed E-state index contributed by atoms with van der Waals surface area (Å²) in [5, 5.41) is 8.90. The summed E-state index contributed by atoms with van der Waals surface area (Å²) < 4.78 is 26.6. The number of carboxylic acid groups (broad SMARTS) is 1. The molecule has 3 N–H and O–H groups in total. The highest BCUT2D eigenvalue weighted by Gasteiger charge is 2.19. The minimum atomic E-state index is -3.91. The molecule has 0 fully saturated rings. The number of H-pyrrole nitrogens is 1. The zero-order valence-corrected chi connectivity index (χ0v) is 12.5. The van der Waals surface area contributed by atoms with Gasteiger partial charge < -0.3 is 10.1 Å². The molecule has 1 aromatic carbocycles. The normalized spacial score (nSPS) is 11.3. The second-order valence-corrected chi connectivity index (χ2v) is 6.21. The lowest BCUT2D eigenvalue weighted by Gasteiger charge is -2.09. The van der Waals surface area contributed by atoms with Gasteiger partial charge in [0.1, 0.15) is 5.82 Å². The Labute approximate surface area is 126 Å². The van der Waals surface area contributed by atoms with E-state index in [0.29, 0.717) is 12.2 Å². The van der Waals surface area contributed by atoms with Crippen LogP contribution in [0.4, 0.5) is 5.69 Å². The molecule has 0 atom stereocenters. The third-order valence-electron chi connectivity index (χ3n) is 2.69. The molecule has 2 rings (SSSR count). The topological polar surface area (TPSA) is 112 Å². The lowest BCUT2D eigenvalue weighted by atomic mass is 10.2. The van der Waals surface area contributed by atoms with Crippen molar-refractivity contribution in [1.82, 2.24) is 9.97 Å². The first-order valence-corrected chi connectivity index (χ1v) is 7.79. The Morgan fingerprint density at radius 1 is 1.48 bits per heavy atom. The van der Waals surface area contributed by atoms with Gasteiger partial charge in [0.25, 0.3) is 10.0 Å². The van der Waals surface area contributed by atoms with Crippen molar-refractivity contribution in [3.8, 4) is 0 Å². The largest absolute Gasteiger partial charge is 0.478 e. The zero-order valence-electron chi connectivity index (χ0n) is 10.9. The predicted molar refractivity (Wildman–Crippen MR) is 77.2 cm³/mol. The molecule has 9 heteroatoms. The Kier molecular flexibility index (Phi) is 4.19. The SMILES string of the molecule is CCc1ncc(S(=O)(=O)Nc2cc(C(=O)O)ccc2Cl)[nH]1.